The molecule has 0 atom stereocenters. The molecule has 0 unspecified atom stereocenters. The molecule has 20 heavy (non-hydrogen) atoms. The van der Waals surface area contributed by atoms with Gasteiger partial charge in [-0.25, -0.2) is 0 Å². The summed E-state index contributed by atoms with van der Waals surface area (Å²) in [5.74, 6) is 0.104. The molecule has 0 bridgehead atoms. The van der Waals surface area contributed by atoms with Gasteiger partial charge in [0.05, 0.1) is 19.3 Å². The minimum Gasteiger partial charge on any atom is -0.340 e. The first-order chi connectivity index (χ1) is 9.65. The Hall–Kier alpha value is -1.66. The van der Waals surface area contributed by atoms with Gasteiger partial charge in [-0.2, -0.15) is 16.4 Å². The van der Waals surface area contributed by atoms with E-state index in [0.717, 1.165) is 18.7 Å². The second-order valence-electron chi connectivity index (χ2n) is 4.84. The number of thiophene rings is 1. The number of carbonyl (C=O) groups excluding carboxylic acids is 1. The maximum Gasteiger partial charge on any atom is 0.236 e. The Balaban J connectivity index is 1.64. The van der Waals surface area contributed by atoms with E-state index in [1.54, 1.807) is 16.2 Å². The van der Waals surface area contributed by atoms with Crippen LogP contribution in [0.15, 0.2) is 29.2 Å². The van der Waals surface area contributed by atoms with Gasteiger partial charge in [0, 0.05) is 26.3 Å². The summed E-state index contributed by atoms with van der Waals surface area (Å²) >= 11 is 1.65. The van der Waals surface area contributed by atoms with Gasteiger partial charge in [0.2, 0.25) is 5.91 Å². The summed E-state index contributed by atoms with van der Waals surface area (Å²) in [6.45, 7) is 4.55. The van der Waals surface area contributed by atoms with E-state index in [0.29, 0.717) is 13.1 Å². The van der Waals surface area contributed by atoms with Crippen molar-refractivity contribution in [3.8, 4) is 0 Å². The molecule has 0 fully saturated rings. The van der Waals surface area contributed by atoms with Crippen molar-refractivity contribution in [2.24, 2.45) is 0 Å². The van der Waals surface area contributed by atoms with Crippen LogP contribution in [-0.2, 0) is 17.9 Å². The predicted octanol–water partition coefficient (Wildman–Crippen LogP) is 1.50. The third kappa shape index (κ3) is 4.47. The largest absolute Gasteiger partial charge is 0.340 e. The van der Waals surface area contributed by atoms with E-state index in [4.69, 9.17) is 0 Å². The highest BCUT2D eigenvalue weighted by Gasteiger charge is 2.08. The molecule has 0 spiro atoms. The van der Waals surface area contributed by atoms with E-state index in [1.807, 2.05) is 42.5 Å². The highest BCUT2D eigenvalue weighted by molar-refractivity contribution is 7.07. The van der Waals surface area contributed by atoms with Crippen molar-refractivity contribution >= 4 is 17.2 Å². The number of nitrogens with one attached hydrogen (secondary N) is 1. The predicted molar refractivity (Wildman–Crippen MR) is 80.6 cm³/mol. The lowest BCUT2D eigenvalue weighted by molar-refractivity contribution is -0.129. The first kappa shape index (κ1) is 14.7. The molecule has 0 aromatic carbocycles. The Bertz CT molecular complexity index is 535. The smallest absolute Gasteiger partial charge is 0.236 e. The number of carbonyl (C=O) groups is 1. The summed E-state index contributed by atoms with van der Waals surface area (Å²) in [5, 5.41) is 11.4. The van der Waals surface area contributed by atoms with E-state index in [9.17, 15) is 4.79 Å². The van der Waals surface area contributed by atoms with Gasteiger partial charge >= 0.3 is 0 Å². The standard InChI is InChI=1S/C14H20N4OS/c1-12-7-16-18(9-12)5-4-15-8-14(19)17(2)10-13-3-6-20-11-13/h3,6-7,9,11,15H,4-5,8,10H2,1-2H3. The zero-order valence-corrected chi connectivity index (χ0v) is 12.7. The molecule has 6 heteroatoms. The second-order valence-corrected chi connectivity index (χ2v) is 5.62. The SMILES string of the molecule is Cc1cnn(CCNCC(=O)N(C)Cc2ccsc2)c1. The molecule has 2 aromatic rings. The molecule has 0 radical (unpaired) electrons. The lowest BCUT2D eigenvalue weighted by atomic mass is 10.3. The maximum absolute atomic E-state index is 11.9. The highest BCUT2D eigenvalue weighted by atomic mass is 32.1. The summed E-state index contributed by atoms with van der Waals surface area (Å²) in [4.78, 5) is 13.7. The summed E-state index contributed by atoms with van der Waals surface area (Å²) in [5.41, 5.74) is 2.33. The molecule has 2 aromatic heterocycles. The fraction of sp³-hybridized carbons (Fsp3) is 0.429. The molecular formula is C14H20N4OS. The fourth-order valence-corrected chi connectivity index (χ4v) is 2.52. The van der Waals surface area contributed by atoms with Crippen molar-refractivity contribution < 1.29 is 4.79 Å². The molecule has 1 N–H and O–H groups in total. The number of hydrogen-bond donors (Lipinski definition) is 1. The van der Waals surface area contributed by atoms with E-state index >= 15 is 0 Å². The average Bonchev–Trinajstić information content (AvgIpc) is 3.06. The fourth-order valence-electron chi connectivity index (χ4n) is 1.86. The Morgan fingerprint density at radius 3 is 3.05 bits per heavy atom. The van der Waals surface area contributed by atoms with Gasteiger partial charge in [0.1, 0.15) is 0 Å². The van der Waals surface area contributed by atoms with Crippen LogP contribution >= 0.6 is 11.3 Å². The zero-order chi connectivity index (χ0) is 14.4. The molecule has 2 heterocycles. The van der Waals surface area contributed by atoms with Crippen LogP contribution in [0.25, 0.3) is 0 Å². The summed E-state index contributed by atoms with van der Waals surface area (Å²) in [6, 6.07) is 2.04. The molecule has 5 nitrogen and oxygen atoms in total. The third-order valence-electron chi connectivity index (χ3n) is 2.98. The quantitative estimate of drug-likeness (QED) is 0.787. The lowest BCUT2D eigenvalue weighted by Gasteiger charge is -2.16. The van der Waals surface area contributed by atoms with Crippen molar-refractivity contribution in [2.75, 3.05) is 20.1 Å². The van der Waals surface area contributed by atoms with Crippen molar-refractivity contribution in [2.45, 2.75) is 20.0 Å². The van der Waals surface area contributed by atoms with Crippen LogP contribution in [0.4, 0.5) is 0 Å². The van der Waals surface area contributed by atoms with Crippen LogP contribution in [0.3, 0.4) is 0 Å². The number of aromatic nitrogens is 2. The van der Waals surface area contributed by atoms with Gasteiger partial charge in [0.15, 0.2) is 0 Å². The molecule has 2 rings (SSSR count). The molecule has 0 saturated heterocycles. The first-order valence-corrected chi connectivity index (χ1v) is 7.54. The van der Waals surface area contributed by atoms with E-state index in [1.165, 1.54) is 5.56 Å². The van der Waals surface area contributed by atoms with Crippen molar-refractivity contribution in [1.29, 1.82) is 0 Å². The highest BCUT2D eigenvalue weighted by Crippen LogP contribution is 2.08. The minimum absolute atomic E-state index is 0.104. The topological polar surface area (TPSA) is 50.2 Å². The van der Waals surface area contributed by atoms with Crippen molar-refractivity contribution in [3.63, 3.8) is 0 Å². The van der Waals surface area contributed by atoms with Crippen molar-refractivity contribution in [3.05, 3.63) is 40.3 Å². The van der Waals surface area contributed by atoms with Crippen LogP contribution < -0.4 is 5.32 Å². The Morgan fingerprint density at radius 2 is 2.40 bits per heavy atom. The average molecular weight is 292 g/mol. The van der Waals surface area contributed by atoms with Gasteiger partial charge in [-0.1, -0.05) is 0 Å². The van der Waals surface area contributed by atoms with Gasteiger partial charge < -0.3 is 10.2 Å². The van der Waals surface area contributed by atoms with Crippen LogP contribution in [0, 0.1) is 6.92 Å². The summed E-state index contributed by atoms with van der Waals surface area (Å²) in [7, 11) is 1.83. The van der Waals surface area contributed by atoms with Crippen LogP contribution in [0.1, 0.15) is 11.1 Å². The summed E-state index contributed by atoms with van der Waals surface area (Å²) < 4.78 is 1.88. The number of hydrogen-bond acceptors (Lipinski definition) is 4. The Labute approximate surface area is 123 Å². The Morgan fingerprint density at radius 1 is 1.55 bits per heavy atom. The van der Waals surface area contributed by atoms with Crippen LogP contribution in [0.5, 0.6) is 0 Å². The monoisotopic (exact) mass is 292 g/mol. The van der Waals surface area contributed by atoms with Gasteiger partial charge in [-0.15, -0.1) is 0 Å². The number of amides is 1. The molecule has 108 valence electrons. The second kappa shape index (κ2) is 7.21. The summed E-state index contributed by atoms with van der Waals surface area (Å²) in [6.07, 6.45) is 3.83. The molecule has 0 aliphatic carbocycles. The van der Waals surface area contributed by atoms with Gasteiger partial charge in [-0.3, -0.25) is 9.48 Å². The first-order valence-electron chi connectivity index (χ1n) is 6.60. The van der Waals surface area contributed by atoms with Crippen LogP contribution in [-0.4, -0.2) is 40.7 Å². The normalized spacial score (nSPS) is 10.7. The number of aryl methyl sites for hydroxylation is 1. The third-order valence-corrected chi connectivity index (χ3v) is 3.71. The van der Waals surface area contributed by atoms with Gasteiger partial charge in [-0.05, 0) is 34.9 Å². The van der Waals surface area contributed by atoms with E-state index in [-0.39, 0.29) is 5.91 Å². The van der Waals surface area contributed by atoms with Crippen LogP contribution in [0.2, 0.25) is 0 Å². The van der Waals surface area contributed by atoms with E-state index < -0.39 is 0 Å². The molecule has 1 amide bonds. The van der Waals surface area contributed by atoms with E-state index in [2.05, 4.69) is 15.8 Å². The molecule has 0 aliphatic rings. The molecule has 0 aliphatic heterocycles. The Kier molecular flexibility index (Phi) is 5.31. The van der Waals surface area contributed by atoms with Crippen molar-refractivity contribution in [1.82, 2.24) is 20.0 Å². The zero-order valence-electron chi connectivity index (χ0n) is 11.9. The molecule has 0 saturated carbocycles. The minimum atomic E-state index is 0.104. The maximum atomic E-state index is 11.9. The number of likely N-dealkylation sites (N-methyl/N-ethyl adjacent to an activating group) is 1. The van der Waals surface area contributed by atoms with Gasteiger partial charge in [0.25, 0.3) is 0 Å². The lowest BCUT2D eigenvalue weighted by Crippen LogP contribution is -2.36. The number of nitrogens with zero attached hydrogens (tertiary/aromatic N) is 3. The molecular weight excluding hydrogens is 272 g/mol. The number of rotatable bonds is 7.